The molecule has 1 aromatic carbocycles. The van der Waals surface area contributed by atoms with E-state index in [-0.39, 0.29) is 11.6 Å². The van der Waals surface area contributed by atoms with Gasteiger partial charge < -0.3 is 5.32 Å². The zero-order chi connectivity index (χ0) is 13.3. The summed E-state index contributed by atoms with van der Waals surface area (Å²) in [6.07, 6.45) is 2.83. The number of carbonyl (C=O) groups excluding carboxylic acids is 1. The van der Waals surface area contributed by atoms with Gasteiger partial charge in [-0.1, -0.05) is 0 Å². The van der Waals surface area contributed by atoms with E-state index in [0.29, 0.717) is 0 Å². The van der Waals surface area contributed by atoms with Crippen LogP contribution in [0.1, 0.15) is 29.6 Å². The van der Waals surface area contributed by atoms with Gasteiger partial charge in [0.1, 0.15) is 5.82 Å². The van der Waals surface area contributed by atoms with E-state index in [1.54, 1.807) is 0 Å². The molecule has 0 radical (unpaired) electrons. The van der Waals surface area contributed by atoms with E-state index >= 15 is 0 Å². The van der Waals surface area contributed by atoms with Gasteiger partial charge in [-0.3, -0.25) is 4.79 Å². The highest BCUT2D eigenvalue weighted by Crippen LogP contribution is 2.21. The molecule has 98 valence electrons. The highest BCUT2D eigenvalue weighted by atomic mass is 35.7. The second-order valence-electron chi connectivity index (χ2n) is 4.21. The molecule has 4 nitrogen and oxygen atoms in total. The second kappa shape index (κ2) is 4.85. The van der Waals surface area contributed by atoms with Crippen molar-refractivity contribution in [3.05, 3.63) is 29.6 Å². The first kappa shape index (κ1) is 13.3. The van der Waals surface area contributed by atoms with Crippen LogP contribution in [0.2, 0.25) is 0 Å². The molecule has 0 spiro atoms. The maximum Gasteiger partial charge on any atom is 0.261 e. The van der Waals surface area contributed by atoms with Crippen LogP contribution in [0.15, 0.2) is 23.1 Å². The standard InChI is InChI=1S/C11H11ClFNO3S/c12-18(16,17)10-5-7(4-8(13)6-10)11(15)14-9-2-1-3-9/h4-6,9H,1-3H2,(H,14,15). The normalized spacial score (nSPS) is 16.1. The summed E-state index contributed by atoms with van der Waals surface area (Å²) in [6, 6.07) is 2.93. The summed E-state index contributed by atoms with van der Waals surface area (Å²) < 4.78 is 35.5. The van der Waals surface area contributed by atoms with Gasteiger partial charge in [-0.05, 0) is 37.5 Å². The van der Waals surface area contributed by atoms with E-state index in [1.165, 1.54) is 0 Å². The average molecular weight is 292 g/mol. The molecule has 0 bridgehead atoms. The Morgan fingerprint density at radius 3 is 2.50 bits per heavy atom. The molecule has 2 rings (SSSR count). The zero-order valence-electron chi connectivity index (χ0n) is 9.32. The second-order valence-corrected chi connectivity index (χ2v) is 6.78. The summed E-state index contributed by atoms with van der Waals surface area (Å²) in [7, 11) is 1.08. The van der Waals surface area contributed by atoms with Crippen molar-refractivity contribution in [3.8, 4) is 0 Å². The van der Waals surface area contributed by atoms with E-state index in [4.69, 9.17) is 10.7 Å². The monoisotopic (exact) mass is 291 g/mol. The van der Waals surface area contributed by atoms with Crippen molar-refractivity contribution in [3.63, 3.8) is 0 Å². The number of halogens is 2. The van der Waals surface area contributed by atoms with Gasteiger partial charge in [0, 0.05) is 22.3 Å². The molecule has 1 N–H and O–H groups in total. The minimum Gasteiger partial charge on any atom is -0.349 e. The van der Waals surface area contributed by atoms with Crippen LogP contribution >= 0.6 is 10.7 Å². The van der Waals surface area contributed by atoms with Crippen LogP contribution in [0, 0.1) is 5.82 Å². The number of benzene rings is 1. The predicted molar refractivity (Wildman–Crippen MR) is 64.5 cm³/mol. The molecule has 1 aliphatic rings. The van der Waals surface area contributed by atoms with Crippen LogP contribution in [0.25, 0.3) is 0 Å². The third-order valence-corrected chi connectivity index (χ3v) is 4.19. The van der Waals surface area contributed by atoms with Crippen LogP contribution in [-0.4, -0.2) is 20.4 Å². The Morgan fingerprint density at radius 2 is 2.00 bits per heavy atom. The number of carbonyl (C=O) groups is 1. The van der Waals surface area contributed by atoms with E-state index < -0.39 is 25.7 Å². The number of hydrogen-bond acceptors (Lipinski definition) is 3. The molecule has 0 unspecified atom stereocenters. The van der Waals surface area contributed by atoms with Crippen LogP contribution in [0.3, 0.4) is 0 Å². The van der Waals surface area contributed by atoms with Crippen LogP contribution in [-0.2, 0) is 9.05 Å². The Kier molecular flexibility index (Phi) is 3.59. The molecule has 0 atom stereocenters. The summed E-state index contributed by atoms with van der Waals surface area (Å²) in [5.41, 5.74) is -0.0406. The lowest BCUT2D eigenvalue weighted by atomic mass is 9.93. The van der Waals surface area contributed by atoms with Crippen molar-refractivity contribution in [2.24, 2.45) is 0 Å². The summed E-state index contributed by atoms with van der Waals surface area (Å²) >= 11 is 0. The molecule has 0 aromatic heterocycles. The van der Waals surface area contributed by atoms with E-state index in [2.05, 4.69) is 5.32 Å². The minimum atomic E-state index is -4.05. The van der Waals surface area contributed by atoms with Gasteiger partial charge in [-0.2, -0.15) is 0 Å². The highest BCUT2D eigenvalue weighted by Gasteiger charge is 2.21. The van der Waals surface area contributed by atoms with Crippen LogP contribution < -0.4 is 5.32 Å². The maximum atomic E-state index is 13.2. The summed E-state index contributed by atoms with van der Waals surface area (Å²) in [4.78, 5) is 11.3. The first-order chi connectivity index (χ1) is 8.36. The SMILES string of the molecule is O=C(NC1CCC1)c1cc(F)cc(S(=O)(=O)Cl)c1. The molecular formula is C11H11ClFNO3S. The molecule has 1 amide bonds. The van der Waals surface area contributed by atoms with Gasteiger partial charge in [0.2, 0.25) is 0 Å². The van der Waals surface area contributed by atoms with Gasteiger partial charge in [0.05, 0.1) is 4.90 Å². The fourth-order valence-electron chi connectivity index (χ4n) is 1.66. The largest absolute Gasteiger partial charge is 0.349 e. The lowest BCUT2D eigenvalue weighted by Gasteiger charge is -2.26. The third kappa shape index (κ3) is 3.00. The lowest BCUT2D eigenvalue weighted by molar-refractivity contribution is 0.0916. The summed E-state index contributed by atoms with van der Waals surface area (Å²) in [5, 5.41) is 2.70. The smallest absolute Gasteiger partial charge is 0.261 e. The van der Waals surface area contributed by atoms with Gasteiger partial charge >= 0.3 is 0 Å². The molecule has 1 fully saturated rings. The molecule has 7 heteroatoms. The van der Waals surface area contributed by atoms with Crippen LogP contribution in [0.4, 0.5) is 4.39 Å². The Morgan fingerprint density at radius 1 is 1.33 bits per heavy atom. The third-order valence-electron chi connectivity index (χ3n) is 2.86. The highest BCUT2D eigenvalue weighted by molar-refractivity contribution is 8.13. The summed E-state index contributed by atoms with van der Waals surface area (Å²) in [5.74, 6) is -1.30. The Hall–Kier alpha value is -1.14. The Bertz CT molecular complexity index is 584. The molecule has 0 heterocycles. The van der Waals surface area contributed by atoms with E-state index in [0.717, 1.165) is 37.5 Å². The topological polar surface area (TPSA) is 63.2 Å². The maximum absolute atomic E-state index is 13.2. The molecule has 1 saturated carbocycles. The first-order valence-electron chi connectivity index (χ1n) is 5.42. The minimum absolute atomic E-state index is 0.0406. The van der Waals surface area contributed by atoms with Gasteiger partial charge in [-0.15, -0.1) is 0 Å². The molecular weight excluding hydrogens is 281 g/mol. The molecule has 1 aromatic rings. The molecule has 0 aliphatic heterocycles. The van der Waals surface area contributed by atoms with Crippen molar-refractivity contribution in [2.75, 3.05) is 0 Å². The number of hydrogen-bond donors (Lipinski definition) is 1. The zero-order valence-corrected chi connectivity index (χ0v) is 10.9. The van der Waals surface area contributed by atoms with Crippen molar-refractivity contribution in [2.45, 2.75) is 30.2 Å². The molecule has 0 saturated heterocycles. The van der Waals surface area contributed by atoms with Crippen molar-refractivity contribution < 1.29 is 17.6 Å². The first-order valence-corrected chi connectivity index (χ1v) is 7.73. The predicted octanol–water partition coefficient (Wildman–Crippen LogP) is 2.04. The quantitative estimate of drug-likeness (QED) is 0.867. The number of nitrogens with one attached hydrogen (secondary N) is 1. The lowest BCUT2D eigenvalue weighted by Crippen LogP contribution is -2.39. The fourth-order valence-corrected chi connectivity index (χ4v) is 2.44. The molecule has 18 heavy (non-hydrogen) atoms. The Labute approximate surface area is 109 Å². The van der Waals surface area contributed by atoms with Crippen molar-refractivity contribution in [1.29, 1.82) is 0 Å². The van der Waals surface area contributed by atoms with Crippen LogP contribution in [0.5, 0.6) is 0 Å². The van der Waals surface area contributed by atoms with E-state index in [9.17, 15) is 17.6 Å². The average Bonchev–Trinajstić information content (AvgIpc) is 2.21. The number of amides is 1. The number of rotatable bonds is 3. The Balaban J connectivity index is 2.27. The van der Waals surface area contributed by atoms with Gasteiger partial charge in [0.15, 0.2) is 0 Å². The fraction of sp³-hybridized carbons (Fsp3) is 0.364. The van der Waals surface area contributed by atoms with Gasteiger partial charge in [0.25, 0.3) is 15.0 Å². The van der Waals surface area contributed by atoms with E-state index in [1.807, 2.05) is 0 Å². The van der Waals surface area contributed by atoms with Crippen molar-refractivity contribution in [1.82, 2.24) is 5.32 Å². The van der Waals surface area contributed by atoms with Gasteiger partial charge in [-0.25, -0.2) is 12.8 Å². The molecule has 1 aliphatic carbocycles. The van der Waals surface area contributed by atoms with Crippen molar-refractivity contribution >= 4 is 25.6 Å². The summed E-state index contributed by atoms with van der Waals surface area (Å²) in [6.45, 7) is 0.